The lowest BCUT2D eigenvalue weighted by Gasteiger charge is -2.46. The molecule has 7 nitrogen and oxygen atoms in total. The standard InChI is InChI=1S/C21H28N2O5/c1-21(2,3)28-20(27)23-11-16(12-23)14-6-8-22(9-7-14)17-4-5-18(19(25)26)15(10-17)13-24/h4-5,10,13-14,16H,6-9,11-12H2,1-3H3,(H,25,26). The van der Waals surface area contributed by atoms with E-state index in [4.69, 9.17) is 9.84 Å². The van der Waals surface area contributed by atoms with E-state index in [0.29, 0.717) is 18.1 Å². The van der Waals surface area contributed by atoms with Crippen molar-refractivity contribution in [3.05, 3.63) is 29.3 Å². The van der Waals surface area contributed by atoms with E-state index in [0.717, 1.165) is 44.7 Å². The third-order valence-electron chi connectivity index (χ3n) is 5.53. The second kappa shape index (κ2) is 7.81. The zero-order valence-electron chi connectivity index (χ0n) is 16.7. The number of nitrogens with zero attached hydrogens (tertiary/aromatic N) is 2. The van der Waals surface area contributed by atoms with Gasteiger partial charge in [0.2, 0.25) is 0 Å². The Hall–Kier alpha value is -2.57. The third kappa shape index (κ3) is 4.46. The number of carbonyl (C=O) groups excluding carboxylic acids is 2. The summed E-state index contributed by atoms with van der Waals surface area (Å²) in [6, 6.07) is 4.92. The van der Waals surface area contributed by atoms with Gasteiger partial charge in [-0.25, -0.2) is 9.59 Å². The third-order valence-corrected chi connectivity index (χ3v) is 5.53. The largest absolute Gasteiger partial charge is 0.478 e. The molecule has 3 rings (SSSR count). The number of aromatic carboxylic acids is 1. The highest BCUT2D eigenvalue weighted by Crippen LogP contribution is 2.34. The Bertz CT molecular complexity index is 757. The summed E-state index contributed by atoms with van der Waals surface area (Å²) >= 11 is 0. The summed E-state index contributed by atoms with van der Waals surface area (Å²) in [5.41, 5.74) is 0.656. The van der Waals surface area contributed by atoms with Crippen molar-refractivity contribution in [3.8, 4) is 0 Å². The molecule has 1 amide bonds. The maximum Gasteiger partial charge on any atom is 0.410 e. The average molecular weight is 388 g/mol. The van der Waals surface area contributed by atoms with Crippen LogP contribution in [0.15, 0.2) is 18.2 Å². The van der Waals surface area contributed by atoms with E-state index in [2.05, 4.69) is 4.90 Å². The smallest absolute Gasteiger partial charge is 0.410 e. The number of anilines is 1. The minimum atomic E-state index is -1.09. The molecule has 7 heteroatoms. The summed E-state index contributed by atoms with van der Waals surface area (Å²) in [4.78, 5) is 38.4. The number of piperidine rings is 1. The summed E-state index contributed by atoms with van der Waals surface area (Å²) in [7, 11) is 0. The first kappa shape index (κ1) is 20.2. The predicted molar refractivity (Wildman–Crippen MR) is 105 cm³/mol. The number of aldehydes is 1. The van der Waals surface area contributed by atoms with Crippen molar-refractivity contribution < 1.29 is 24.2 Å². The Balaban J connectivity index is 1.51. The van der Waals surface area contributed by atoms with Crippen molar-refractivity contribution in [3.63, 3.8) is 0 Å². The minimum Gasteiger partial charge on any atom is -0.478 e. The van der Waals surface area contributed by atoms with Gasteiger partial charge in [-0.15, -0.1) is 0 Å². The second-order valence-electron chi connectivity index (χ2n) is 8.66. The topological polar surface area (TPSA) is 87.2 Å². The van der Waals surface area contributed by atoms with Gasteiger partial charge in [-0.3, -0.25) is 4.79 Å². The lowest BCUT2D eigenvalue weighted by molar-refractivity contribution is -0.0131. The molecule has 0 aliphatic carbocycles. The maximum atomic E-state index is 12.1. The molecule has 0 atom stereocenters. The molecule has 152 valence electrons. The molecule has 2 aliphatic rings. The predicted octanol–water partition coefficient (Wildman–Crippen LogP) is 3.28. The van der Waals surface area contributed by atoms with Gasteiger partial charge in [-0.05, 0) is 63.6 Å². The Kier molecular flexibility index (Phi) is 5.63. The van der Waals surface area contributed by atoms with Crippen molar-refractivity contribution in [1.82, 2.24) is 4.90 Å². The zero-order chi connectivity index (χ0) is 20.5. The van der Waals surface area contributed by atoms with Gasteiger partial charge in [0.1, 0.15) is 5.60 Å². The van der Waals surface area contributed by atoms with E-state index < -0.39 is 11.6 Å². The van der Waals surface area contributed by atoms with Crippen LogP contribution in [0.2, 0.25) is 0 Å². The van der Waals surface area contributed by atoms with Crippen LogP contribution < -0.4 is 4.90 Å². The molecular formula is C21H28N2O5. The normalized spacial score (nSPS) is 18.5. The fourth-order valence-corrected chi connectivity index (χ4v) is 3.95. The lowest BCUT2D eigenvalue weighted by atomic mass is 9.79. The van der Waals surface area contributed by atoms with Crippen LogP contribution in [0, 0.1) is 11.8 Å². The number of hydrogen-bond acceptors (Lipinski definition) is 5. The van der Waals surface area contributed by atoms with Crippen LogP contribution >= 0.6 is 0 Å². The highest BCUT2D eigenvalue weighted by atomic mass is 16.6. The summed E-state index contributed by atoms with van der Waals surface area (Å²) in [6.45, 7) is 8.84. The number of amides is 1. The molecule has 2 saturated heterocycles. The first-order chi connectivity index (χ1) is 13.2. The molecule has 0 saturated carbocycles. The van der Waals surface area contributed by atoms with Gasteiger partial charge in [0.05, 0.1) is 5.56 Å². The maximum absolute atomic E-state index is 12.1. The molecule has 1 aromatic carbocycles. The second-order valence-corrected chi connectivity index (χ2v) is 8.66. The molecule has 0 radical (unpaired) electrons. The van der Waals surface area contributed by atoms with E-state index in [1.165, 1.54) is 6.07 Å². The highest BCUT2D eigenvalue weighted by Gasteiger charge is 2.39. The zero-order valence-corrected chi connectivity index (χ0v) is 16.7. The summed E-state index contributed by atoms with van der Waals surface area (Å²) in [6.07, 6.45) is 2.40. The minimum absolute atomic E-state index is 0.0327. The molecule has 0 bridgehead atoms. The molecule has 1 N–H and O–H groups in total. The van der Waals surface area contributed by atoms with Crippen molar-refractivity contribution in [2.45, 2.75) is 39.2 Å². The van der Waals surface area contributed by atoms with Gasteiger partial charge < -0.3 is 19.6 Å². The number of rotatable bonds is 4. The molecule has 0 aromatic heterocycles. The Morgan fingerprint density at radius 1 is 1.14 bits per heavy atom. The van der Waals surface area contributed by atoms with Crippen LogP contribution in [0.25, 0.3) is 0 Å². The van der Waals surface area contributed by atoms with Gasteiger partial charge in [0.25, 0.3) is 0 Å². The van der Waals surface area contributed by atoms with E-state index in [-0.39, 0.29) is 17.2 Å². The number of ether oxygens (including phenoxy) is 1. The Morgan fingerprint density at radius 3 is 2.32 bits per heavy atom. The van der Waals surface area contributed by atoms with Gasteiger partial charge in [0.15, 0.2) is 6.29 Å². The fraction of sp³-hybridized carbons (Fsp3) is 0.571. The van der Waals surface area contributed by atoms with Gasteiger partial charge in [0, 0.05) is 37.4 Å². The number of likely N-dealkylation sites (tertiary alicyclic amines) is 1. The van der Waals surface area contributed by atoms with Crippen LogP contribution in [-0.4, -0.2) is 60.1 Å². The van der Waals surface area contributed by atoms with Crippen molar-refractivity contribution in [2.75, 3.05) is 31.1 Å². The van der Waals surface area contributed by atoms with E-state index in [1.54, 1.807) is 17.0 Å². The van der Waals surface area contributed by atoms with Gasteiger partial charge in [-0.1, -0.05) is 0 Å². The number of carboxylic acids is 1. The molecule has 2 heterocycles. The van der Waals surface area contributed by atoms with Gasteiger partial charge >= 0.3 is 12.1 Å². The first-order valence-electron chi connectivity index (χ1n) is 9.73. The SMILES string of the molecule is CC(C)(C)OC(=O)N1CC(C2CCN(c3ccc(C(=O)O)c(C=O)c3)CC2)C1. The van der Waals surface area contributed by atoms with Crippen LogP contribution in [-0.2, 0) is 4.74 Å². The van der Waals surface area contributed by atoms with Crippen LogP contribution in [0.5, 0.6) is 0 Å². The number of carboxylic acid groups (broad SMARTS) is 1. The summed E-state index contributed by atoms with van der Waals surface area (Å²) in [5, 5.41) is 9.14. The molecule has 0 spiro atoms. The van der Waals surface area contributed by atoms with Crippen LogP contribution in [0.1, 0.15) is 54.3 Å². The molecule has 0 unspecified atom stereocenters. The summed E-state index contributed by atoms with van der Waals surface area (Å²) < 4.78 is 5.41. The van der Waals surface area contributed by atoms with Crippen LogP contribution in [0.4, 0.5) is 10.5 Å². The van der Waals surface area contributed by atoms with Crippen molar-refractivity contribution in [2.24, 2.45) is 11.8 Å². The van der Waals surface area contributed by atoms with Gasteiger partial charge in [-0.2, -0.15) is 0 Å². The quantitative estimate of drug-likeness (QED) is 0.797. The van der Waals surface area contributed by atoms with E-state index in [9.17, 15) is 14.4 Å². The fourth-order valence-electron chi connectivity index (χ4n) is 3.95. The molecule has 1 aromatic rings. The van der Waals surface area contributed by atoms with Crippen molar-refractivity contribution in [1.29, 1.82) is 0 Å². The monoisotopic (exact) mass is 388 g/mol. The lowest BCUT2D eigenvalue weighted by Crippen LogP contribution is -2.55. The van der Waals surface area contributed by atoms with E-state index >= 15 is 0 Å². The Morgan fingerprint density at radius 2 is 1.79 bits per heavy atom. The number of benzene rings is 1. The highest BCUT2D eigenvalue weighted by molar-refractivity contribution is 5.98. The molecule has 28 heavy (non-hydrogen) atoms. The average Bonchev–Trinajstić information content (AvgIpc) is 2.58. The first-order valence-corrected chi connectivity index (χ1v) is 9.73. The molecule has 2 aliphatic heterocycles. The summed E-state index contributed by atoms with van der Waals surface area (Å²) in [5.74, 6) is -0.0137. The van der Waals surface area contributed by atoms with E-state index in [1.807, 2.05) is 20.8 Å². The molecular weight excluding hydrogens is 360 g/mol. The Labute approximate surface area is 165 Å². The number of carbonyl (C=O) groups is 3. The molecule has 2 fully saturated rings. The van der Waals surface area contributed by atoms with Crippen LogP contribution in [0.3, 0.4) is 0 Å². The van der Waals surface area contributed by atoms with Crippen molar-refractivity contribution >= 4 is 24.0 Å². The number of hydrogen-bond donors (Lipinski definition) is 1.